The van der Waals surface area contributed by atoms with Crippen LogP contribution in [0.5, 0.6) is 0 Å². The van der Waals surface area contributed by atoms with Crippen molar-refractivity contribution in [1.82, 2.24) is 0 Å². The first kappa shape index (κ1) is 8.03. The van der Waals surface area contributed by atoms with Crippen LogP contribution in [0, 0.1) is 5.92 Å². The van der Waals surface area contributed by atoms with Crippen LogP contribution >= 0.6 is 0 Å². The molecule has 0 spiro atoms. The van der Waals surface area contributed by atoms with Gasteiger partial charge in [-0.05, 0) is 44.6 Å². The third kappa shape index (κ3) is 1.96. The summed E-state index contributed by atoms with van der Waals surface area (Å²) in [7, 11) is 0. The number of rotatable bonds is 2. The minimum atomic E-state index is 0.409. The van der Waals surface area contributed by atoms with Crippen LogP contribution in [0.4, 0.5) is 0 Å². The third-order valence-electron chi connectivity index (χ3n) is 2.82. The van der Waals surface area contributed by atoms with Crippen LogP contribution in [0.2, 0.25) is 0 Å². The molecular weight excluding hydrogens is 148 g/mol. The second-order valence-corrected chi connectivity index (χ2v) is 4.04. The lowest BCUT2D eigenvalue weighted by Gasteiger charge is -2.12. The lowest BCUT2D eigenvalue weighted by Crippen LogP contribution is -2.00. The highest BCUT2D eigenvalue weighted by molar-refractivity contribution is 5.93. The Morgan fingerprint density at radius 3 is 2.42 bits per heavy atom. The highest BCUT2D eigenvalue weighted by Crippen LogP contribution is 2.32. The minimum absolute atomic E-state index is 0.409. The van der Waals surface area contributed by atoms with Gasteiger partial charge in [-0.3, -0.25) is 4.79 Å². The molecule has 0 radical (unpaired) electrons. The Bertz CT molecular complexity index is 203. The van der Waals surface area contributed by atoms with Gasteiger partial charge in [0, 0.05) is 5.92 Å². The lowest BCUT2D eigenvalue weighted by atomic mass is 9.93. The van der Waals surface area contributed by atoms with E-state index in [0.717, 1.165) is 12.8 Å². The lowest BCUT2D eigenvalue weighted by molar-refractivity contribution is -0.115. The molecule has 0 saturated heterocycles. The van der Waals surface area contributed by atoms with Crippen molar-refractivity contribution in [3.05, 3.63) is 11.6 Å². The van der Waals surface area contributed by atoms with E-state index in [1.165, 1.54) is 37.7 Å². The molecule has 2 fully saturated rings. The van der Waals surface area contributed by atoms with Crippen molar-refractivity contribution < 1.29 is 4.79 Å². The SMILES string of the molecule is O=C(C=C1CCCCC1)C1CC1. The summed E-state index contributed by atoms with van der Waals surface area (Å²) in [4.78, 5) is 11.4. The van der Waals surface area contributed by atoms with Gasteiger partial charge in [0.05, 0.1) is 0 Å². The molecule has 0 aliphatic heterocycles. The topological polar surface area (TPSA) is 17.1 Å². The third-order valence-corrected chi connectivity index (χ3v) is 2.82. The van der Waals surface area contributed by atoms with Gasteiger partial charge in [0.1, 0.15) is 0 Å². The Kier molecular flexibility index (Phi) is 2.29. The van der Waals surface area contributed by atoms with E-state index in [1.54, 1.807) is 0 Å². The van der Waals surface area contributed by atoms with E-state index in [1.807, 2.05) is 6.08 Å². The number of hydrogen-bond donors (Lipinski definition) is 0. The summed E-state index contributed by atoms with van der Waals surface area (Å²) in [6.07, 6.45) is 10.5. The van der Waals surface area contributed by atoms with Gasteiger partial charge in [0.15, 0.2) is 5.78 Å². The number of allylic oxidation sites excluding steroid dienone is 2. The van der Waals surface area contributed by atoms with Crippen molar-refractivity contribution in [2.75, 3.05) is 0 Å². The van der Waals surface area contributed by atoms with Crippen molar-refractivity contribution in [2.45, 2.75) is 44.9 Å². The maximum Gasteiger partial charge on any atom is 0.158 e. The van der Waals surface area contributed by atoms with Crippen molar-refractivity contribution in [2.24, 2.45) is 5.92 Å². The fourth-order valence-electron chi connectivity index (χ4n) is 1.84. The van der Waals surface area contributed by atoms with Crippen LogP contribution in [0.3, 0.4) is 0 Å². The summed E-state index contributed by atoms with van der Waals surface area (Å²) < 4.78 is 0. The first-order chi connectivity index (χ1) is 5.86. The van der Waals surface area contributed by atoms with Crippen molar-refractivity contribution in [3.63, 3.8) is 0 Å². The Labute approximate surface area is 73.8 Å². The predicted molar refractivity (Wildman–Crippen MR) is 48.9 cm³/mol. The fraction of sp³-hybridized carbons (Fsp3) is 0.727. The van der Waals surface area contributed by atoms with Crippen LogP contribution in [0.25, 0.3) is 0 Å². The van der Waals surface area contributed by atoms with Crippen LogP contribution in [-0.2, 0) is 4.79 Å². The Balaban J connectivity index is 1.91. The van der Waals surface area contributed by atoms with Crippen LogP contribution in [0.15, 0.2) is 11.6 Å². The monoisotopic (exact) mass is 164 g/mol. The molecule has 0 N–H and O–H groups in total. The summed E-state index contributed by atoms with van der Waals surface area (Å²) in [5.74, 6) is 0.825. The first-order valence-electron chi connectivity index (χ1n) is 5.09. The molecule has 2 saturated carbocycles. The highest BCUT2D eigenvalue weighted by atomic mass is 16.1. The largest absolute Gasteiger partial charge is 0.295 e. The molecule has 66 valence electrons. The van der Waals surface area contributed by atoms with Crippen molar-refractivity contribution >= 4 is 5.78 Å². The van der Waals surface area contributed by atoms with E-state index in [9.17, 15) is 4.79 Å². The molecule has 12 heavy (non-hydrogen) atoms. The average molecular weight is 164 g/mol. The molecule has 0 atom stereocenters. The molecule has 0 aromatic rings. The van der Waals surface area contributed by atoms with E-state index >= 15 is 0 Å². The number of carbonyl (C=O) groups excluding carboxylic acids is 1. The first-order valence-corrected chi connectivity index (χ1v) is 5.09. The quantitative estimate of drug-likeness (QED) is 0.573. The fourth-order valence-corrected chi connectivity index (χ4v) is 1.84. The smallest absolute Gasteiger partial charge is 0.158 e. The Hall–Kier alpha value is -0.590. The number of hydrogen-bond acceptors (Lipinski definition) is 1. The molecular formula is C11H16O. The standard InChI is InChI=1S/C11H16O/c12-11(10-6-7-10)8-9-4-2-1-3-5-9/h8,10H,1-7H2. The molecule has 0 amide bonds. The normalized spacial score (nSPS) is 23.8. The van der Waals surface area contributed by atoms with Crippen LogP contribution in [-0.4, -0.2) is 5.78 Å². The molecule has 2 aliphatic rings. The zero-order chi connectivity index (χ0) is 8.39. The summed E-state index contributed by atoms with van der Waals surface area (Å²) in [6, 6.07) is 0. The van der Waals surface area contributed by atoms with Gasteiger partial charge in [-0.15, -0.1) is 0 Å². The second kappa shape index (κ2) is 3.42. The average Bonchev–Trinajstić information content (AvgIpc) is 2.88. The molecule has 1 heteroatoms. The van der Waals surface area contributed by atoms with Gasteiger partial charge in [0.2, 0.25) is 0 Å². The van der Waals surface area contributed by atoms with E-state index in [2.05, 4.69) is 0 Å². The molecule has 1 nitrogen and oxygen atoms in total. The maximum atomic E-state index is 11.4. The summed E-state index contributed by atoms with van der Waals surface area (Å²) in [6.45, 7) is 0. The molecule has 0 aromatic carbocycles. The molecule has 0 aromatic heterocycles. The molecule has 0 heterocycles. The summed E-state index contributed by atoms with van der Waals surface area (Å²) in [5.41, 5.74) is 1.41. The molecule has 2 aliphatic carbocycles. The Morgan fingerprint density at radius 2 is 1.83 bits per heavy atom. The maximum absolute atomic E-state index is 11.4. The van der Waals surface area contributed by atoms with Gasteiger partial charge in [-0.1, -0.05) is 12.0 Å². The Morgan fingerprint density at radius 1 is 1.17 bits per heavy atom. The van der Waals surface area contributed by atoms with Crippen molar-refractivity contribution in [1.29, 1.82) is 0 Å². The van der Waals surface area contributed by atoms with Gasteiger partial charge >= 0.3 is 0 Å². The van der Waals surface area contributed by atoms with E-state index in [-0.39, 0.29) is 0 Å². The molecule has 0 bridgehead atoms. The van der Waals surface area contributed by atoms with Gasteiger partial charge in [0.25, 0.3) is 0 Å². The second-order valence-electron chi connectivity index (χ2n) is 4.04. The van der Waals surface area contributed by atoms with Crippen LogP contribution < -0.4 is 0 Å². The van der Waals surface area contributed by atoms with E-state index < -0.39 is 0 Å². The van der Waals surface area contributed by atoms with Crippen LogP contribution in [0.1, 0.15) is 44.9 Å². The molecule has 0 unspecified atom stereocenters. The zero-order valence-corrected chi connectivity index (χ0v) is 7.51. The summed E-state index contributed by atoms with van der Waals surface area (Å²) >= 11 is 0. The van der Waals surface area contributed by atoms with Gasteiger partial charge < -0.3 is 0 Å². The van der Waals surface area contributed by atoms with E-state index in [4.69, 9.17) is 0 Å². The number of ketones is 1. The predicted octanol–water partition coefficient (Wildman–Crippen LogP) is 2.86. The van der Waals surface area contributed by atoms with Gasteiger partial charge in [-0.2, -0.15) is 0 Å². The van der Waals surface area contributed by atoms with Gasteiger partial charge in [-0.25, -0.2) is 0 Å². The highest BCUT2D eigenvalue weighted by Gasteiger charge is 2.28. The minimum Gasteiger partial charge on any atom is -0.295 e. The van der Waals surface area contributed by atoms with Crippen molar-refractivity contribution in [3.8, 4) is 0 Å². The van der Waals surface area contributed by atoms with E-state index in [0.29, 0.717) is 11.7 Å². The summed E-state index contributed by atoms with van der Waals surface area (Å²) in [5, 5.41) is 0. The molecule has 2 rings (SSSR count). The number of carbonyl (C=O) groups is 1. The zero-order valence-electron chi connectivity index (χ0n) is 7.51.